The molecule has 0 radical (unpaired) electrons. The first kappa shape index (κ1) is 11.2. The van der Waals surface area contributed by atoms with E-state index >= 15 is 0 Å². The highest BCUT2D eigenvalue weighted by molar-refractivity contribution is 6.32. The standard InChI is InChI=1S/C11H14ClN3O/c1-2-5-15-11(16)10(12)9(7-14-15)13-6-8-3-4-8/h2,7-8,13H,1,3-6H2. The van der Waals surface area contributed by atoms with Gasteiger partial charge in [0.25, 0.3) is 5.56 Å². The number of anilines is 1. The van der Waals surface area contributed by atoms with E-state index in [0.29, 0.717) is 12.2 Å². The summed E-state index contributed by atoms with van der Waals surface area (Å²) in [5.74, 6) is 0.728. The molecule has 0 atom stereocenters. The lowest BCUT2D eigenvalue weighted by Gasteiger charge is -2.08. The third kappa shape index (κ3) is 2.44. The van der Waals surface area contributed by atoms with Crippen LogP contribution in [-0.4, -0.2) is 16.3 Å². The van der Waals surface area contributed by atoms with Crippen molar-refractivity contribution in [3.63, 3.8) is 0 Å². The Kier molecular flexibility index (Phi) is 3.29. The number of nitrogens with one attached hydrogen (secondary N) is 1. The molecule has 0 aromatic carbocycles. The van der Waals surface area contributed by atoms with E-state index in [-0.39, 0.29) is 10.6 Å². The summed E-state index contributed by atoms with van der Waals surface area (Å²) >= 11 is 5.97. The minimum atomic E-state index is -0.276. The second-order valence-corrected chi connectivity index (χ2v) is 4.35. The molecule has 1 aromatic rings. The van der Waals surface area contributed by atoms with Crippen LogP contribution in [0.25, 0.3) is 0 Å². The van der Waals surface area contributed by atoms with Crippen molar-refractivity contribution < 1.29 is 0 Å². The van der Waals surface area contributed by atoms with Gasteiger partial charge in [0, 0.05) is 6.54 Å². The number of allylic oxidation sites excluding steroid dienone is 1. The van der Waals surface area contributed by atoms with Crippen molar-refractivity contribution in [3.05, 3.63) is 34.2 Å². The van der Waals surface area contributed by atoms with Crippen LogP contribution in [0, 0.1) is 5.92 Å². The molecular weight excluding hydrogens is 226 g/mol. The predicted molar refractivity (Wildman–Crippen MR) is 64.9 cm³/mol. The first-order valence-electron chi connectivity index (χ1n) is 5.32. The van der Waals surface area contributed by atoms with Crippen molar-refractivity contribution in [1.82, 2.24) is 9.78 Å². The Hall–Kier alpha value is -1.29. The van der Waals surface area contributed by atoms with Gasteiger partial charge < -0.3 is 5.32 Å². The lowest BCUT2D eigenvalue weighted by molar-refractivity contribution is 0.652. The molecule has 0 unspecified atom stereocenters. The predicted octanol–water partition coefficient (Wildman–Crippen LogP) is 1.90. The number of nitrogens with zero attached hydrogens (tertiary/aromatic N) is 2. The molecule has 1 aliphatic carbocycles. The van der Waals surface area contributed by atoms with E-state index in [1.54, 1.807) is 12.3 Å². The molecule has 1 saturated carbocycles. The van der Waals surface area contributed by atoms with E-state index in [4.69, 9.17) is 11.6 Å². The molecule has 16 heavy (non-hydrogen) atoms. The van der Waals surface area contributed by atoms with E-state index in [0.717, 1.165) is 12.5 Å². The normalized spacial score (nSPS) is 14.8. The molecule has 0 amide bonds. The molecule has 0 bridgehead atoms. The smallest absolute Gasteiger partial charge is 0.287 e. The third-order valence-corrected chi connectivity index (χ3v) is 2.93. The molecule has 5 heteroatoms. The van der Waals surface area contributed by atoms with Gasteiger partial charge >= 0.3 is 0 Å². The van der Waals surface area contributed by atoms with Gasteiger partial charge in [0.2, 0.25) is 0 Å². The molecule has 0 saturated heterocycles. The van der Waals surface area contributed by atoms with Gasteiger partial charge in [-0.05, 0) is 18.8 Å². The summed E-state index contributed by atoms with van der Waals surface area (Å²) < 4.78 is 1.29. The van der Waals surface area contributed by atoms with E-state index in [1.165, 1.54) is 17.5 Å². The Balaban J connectivity index is 2.16. The highest BCUT2D eigenvalue weighted by Gasteiger charge is 2.21. The maximum Gasteiger partial charge on any atom is 0.287 e. The fourth-order valence-electron chi connectivity index (χ4n) is 1.42. The van der Waals surface area contributed by atoms with Gasteiger partial charge in [-0.25, -0.2) is 4.68 Å². The van der Waals surface area contributed by atoms with E-state index in [1.807, 2.05) is 0 Å². The number of aromatic nitrogens is 2. The summed E-state index contributed by atoms with van der Waals surface area (Å²) in [6.45, 7) is 4.80. The molecule has 1 heterocycles. The number of rotatable bonds is 5. The Morgan fingerprint density at radius 2 is 2.44 bits per heavy atom. The lowest BCUT2D eigenvalue weighted by Crippen LogP contribution is -2.24. The maximum absolute atomic E-state index is 11.7. The van der Waals surface area contributed by atoms with E-state index < -0.39 is 0 Å². The quantitative estimate of drug-likeness (QED) is 0.799. The van der Waals surface area contributed by atoms with Crippen molar-refractivity contribution in [2.45, 2.75) is 19.4 Å². The molecule has 1 fully saturated rings. The van der Waals surface area contributed by atoms with Crippen LogP contribution < -0.4 is 10.9 Å². The summed E-state index contributed by atoms with van der Waals surface area (Å²) in [7, 11) is 0. The van der Waals surface area contributed by atoms with Crippen LogP contribution in [0.2, 0.25) is 5.02 Å². The Morgan fingerprint density at radius 3 is 3.06 bits per heavy atom. The van der Waals surface area contributed by atoms with Crippen LogP contribution in [0.3, 0.4) is 0 Å². The zero-order valence-electron chi connectivity index (χ0n) is 8.95. The lowest BCUT2D eigenvalue weighted by atomic mass is 10.4. The first-order valence-corrected chi connectivity index (χ1v) is 5.70. The average molecular weight is 240 g/mol. The monoisotopic (exact) mass is 239 g/mol. The number of hydrogen-bond acceptors (Lipinski definition) is 3. The van der Waals surface area contributed by atoms with Crippen LogP contribution in [0.1, 0.15) is 12.8 Å². The van der Waals surface area contributed by atoms with Gasteiger partial charge in [-0.2, -0.15) is 5.10 Å². The van der Waals surface area contributed by atoms with Crippen LogP contribution in [0.5, 0.6) is 0 Å². The van der Waals surface area contributed by atoms with Crippen LogP contribution in [0.4, 0.5) is 5.69 Å². The molecule has 4 nitrogen and oxygen atoms in total. The van der Waals surface area contributed by atoms with Crippen molar-refractivity contribution in [3.8, 4) is 0 Å². The van der Waals surface area contributed by atoms with Crippen molar-refractivity contribution in [2.75, 3.05) is 11.9 Å². The van der Waals surface area contributed by atoms with Crippen molar-refractivity contribution in [2.24, 2.45) is 5.92 Å². The zero-order chi connectivity index (χ0) is 11.5. The molecule has 1 aliphatic rings. The molecule has 86 valence electrons. The van der Waals surface area contributed by atoms with Crippen LogP contribution in [0.15, 0.2) is 23.6 Å². The summed E-state index contributed by atoms with van der Waals surface area (Å²) in [6, 6.07) is 0. The summed E-state index contributed by atoms with van der Waals surface area (Å²) in [5, 5.41) is 7.37. The van der Waals surface area contributed by atoms with Crippen LogP contribution >= 0.6 is 11.6 Å². The van der Waals surface area contributed by atoms with Crippen molar-refractivity contribution in [1.29, 1.82) is 0 Å². The Labute approximate surface area is 98.9 Å². The Bertz CT molecular complexity index is 451. The second kappa shape index (κ2) is 4.70. The summed E-state index contributed by atoms with van der Waals surface area (Å²) in [5.41, 5.74) is 0.348. The minimum Gasteiger partial charge on any atom is -0.382 e. The Morgan fingerprint density at radius 1 is 1.69 bits per heavy atom. The molecule has 2 rings (SSSR count). The number of hydrogen-bond donors (Lipinski definition) is 1. The van der Waals surface area contributed by atoms with Gasteiger partial charge in [0.05, 0.1) is 18.4 Å². The van der Waals surface area contributed by atoms with Gasteiger partial charge in [0.15, 0.2) is 0 Å². The fourth-order valence-corrected chi connectivity index (χ4v) is 1.63. The average Bonchev–Trinajstić information content (AvgIpc) is 3.08. The van der Waals surface area contributed by atoms with E-state index in [2.05, 4.69) is 17.0 Å². The van der Waals surface area contributed by atoms with Gasteiger partial charge in [-0.1, -0.05) is 17.7 Å². The molecule has 1 aromatic heterocycles. The van der Waals surface area contributed by atoms with Crippen LogP contribution in [-0.2, 0) is 6.54 Å². The SMILES string of the molecule is C=CCn1ncc(NCC2CC2)c(Cl)c1=O. The number of halogens is 1. The van der Waals surface area contributed by atoms with Gasteiger partial charge in [0.1, 0.15) is 5.02 Å². The first-order chi connectivity index (χ1) is 7.72. The van der Waals surface area contributed by atoms with Crippen molar-refractivity contribution >= 4 is 17.3 Å². The topological polar surface area (TPSA) is 46.9 Å². The molecule has 0 spiro atoms. The second-order valence-electron chi connectivity index (χ2n) is 3.97. The van der Waals surface area contributed by atoms with Gasteiger partial charge in [-0.3, -0.25) is 4.79 Å². The fraction of sp³-hybridized carbons (Fsp3) is 0.455. The summed E-state index contributed by atoms with van der Waals surface area (Å²) in [4.78, 5) is 11.7. The maximum atomic E-state index is 11.7. The molecule has 0 aliphatic heterocycles. The zero-order valence-corrected chi connectivity index (χ0v) is 9.70. The highest BCUT2D eigenvalue weighted by atomic mass is 35.5. The van der Waals surface area contributed by atoms with E-state index in [9.17, 15) is 4.79 Å². The minimum absolute atomic E-state index is 0.206. The highest BCUT2D eigenvalue weighted by Crippen LogP contribution is 2.29. The molecular formula is C11H14ClN3O. The van der Waals surface area contributed by atoms with Gasteiger partial charge in [-0.15, -0.1) is 6.58 Å². The third-order valence-electron chi connectivity index (χ3n) is 2.57. The largest absolute Gasteiger partial charge is 0.382 e. The summed E-state index contributed by atoms with van der Waals surface area (Å²) in [6.07, 6.45) is 5.72. The molecule has 1 N–H and O–H groups in total.